The number of halogens is 3. The minimum atomic E-state index is -4.76. The molecule has 3 rings (SSSR count). The summed E-state index contributed by atoms with van der Waals surface area (Å²) in [7, 11) is 0. The van der Waals surface area contributed by atoms with E-state index in [0.717, 1.165) is 17.1 Å². The summed E-state index contributed by atoms with van der Waals surface area (Å²) >= 11 is 0. The number of hydrogen-bond acceptors (Lipinski definition) is 5. The number of hydrogen-bond donors (Lipinski definition) is 1. The number of alkyl halides is 3. The van der Waals surface area contributed by atoms with Crippen LogP contribution in [0.15, 0.2) is 47.6 Å². The Morgan fingerprint density at radius 2 is 1.73 bits per heavy atom. The van der Waals surface area contributed by atoms with Crippen molar-refractivity contribution in [3.63, 3.8) is 0 Å². The summed E-state index contributed by atoms with van der Waals surface area (Å²) in [6.07, 6.45) is -3.90. The number of anilines is 1. The van der Waals surface area contributed by atoms with Crippen LogP contribution in [0.2, 0.25) is 0 Å². The van der Waals surface area contributed by atoms with E-state index in [2.05, 4.69) is 10.5 Å². The van der Waals surface area contributed by atoms with Crippen molar-refractivity contribution < 1.29 is 27.6 Å². The number of hydrazone groups is 1. The number of rotatable bonds is 5. The maximum atomic E-state index is 13.4. The van der Waals surface area contributed by atoms with Crippen LogP contribution in [0.1, 0.15) is 6.42 Å². The van der Waals surface area contributed by atoms with Gasteiger partial charge in [-0.1, -0.05) is 18.2 Å². The maximum Gasteiger partial charge on any atom is 0.394 e. The van der Waals surface area contributed by atoms with Crippen LogP contribution in [0.4, 0.5) is 18.9 Å². The van der Waals surface area contributed by atoms with E-state index in [-0.39, 0.29) is 5.96 Å². The van der Waals surface area contributed by atoms with Gasteiger partial charge in [0.15, 0.2) is 0 Å². The molecule has 0 saturated heterocycles. The fourth-order valence-electron chi connectivity index (χ4n) is 2.50. The molecule has 2 heterocycles. The molecule has 0 aromatic heterocycles. The third kappa shape index (κ3) is 3.73. The number of nitrogens with zero attached hydrogens (tertiary/aromatic N) is 3. The second-order valence-electron chi connectivity index (χ2n) is 5.67. The van der Waals surface area contributed by atoms with Gasteiger partial charge in [-0.05, 0) is 12.1 Å². The molecule has 1 unspecified atom stereocenters. The highest BCUT2D eigenvalue weighted by Gasteiger charge is 2.45. The SMILES string of the molecule is O=C1C=CC(=O)N1CC(CC(=O)N(C1=NN1)c1ccccc1)C(F)(F)F. The number of carbonyl (C=O) groups excluding carboxylic acids is 3. The lowest BCUT2D eigenvalue weighted by atomic mass is 10.0. The van der Waals surface area contributed by atoms with Crippen molar-refractivity contribution in [1.29, 1.82) is 0 Å². The quantitative estimate of drug-likeness (QED) is 0.797. The smallest absolute Gasteiger partial charge is 0.275 e. The van der Waals surface area contributed by atoms with E-state index in [1.807, 2.05) is 0 Å². The van der Waals surface area contributed by atoms with Crippen LogP contribution in [-0.2, 0) is 14.4 Å². The van der Waals surface area contributed by atoms with Gasteiger partial charge in [0.25, 0.3) is 11.8 Å². The summed E-state index contributed by atoms with van der Waals surface area (Å²) in [6.45, 7) is -0.914. The van der Waals surface area contributed by atoms with Crippen LogP contribution in [0.3, 0.4) is 0 Å². The highest BCUT2D eigenvalue weighted by atomic mass is 19.4. The van der Waals surface area contributed by atoms with Crippen molar-refractivity contribution in [3.05, 3.63) is 42.5 Å². The van der Waals surface area contributed by atoms with E-state index in [4.69, 9.17) is 0 Å². The lowest BCUT2D eigenvalue weighted by molar-refractivity contribution is -0.183. The standard InChI is InChI=1S/C16H13F3N4O3/c17-16(18,19)10(9-22-12(24)6-7-13(22)25)8-14(26)23(15-20-21-15)11-4-2-1-3-5-11/h1-7,10H,8-9H2,(H,20,21). The molecule has 0 saturated carbocycles. The molecule has 26 heavy (non-hydrogen) atoms. The van der Waals surface area contributed by atoms with Gasteiger partial charge in [0.1, 0.15) is 0 Å². The molecule has 1 aromatic carbocycles. The zero-order chi connectivity index (χ0) is 18.9. The van der Waals surface area contributed by atoms with Crippen molar-refractivity contribution in [2.45, 2.75) is 12.6 Å². The van der Waals surface area contributed by atoms with Gasteiger partial charge < -0.3 is 0 Å². The normalized spacial score (nSPS) is 17.0. The molecular formula is C16H13F3N4O3. The molecule has 0 spiro atoms. The van der Waals surface area contributed by atoms with Gasteiger partial charge in [0.2, 0.25) is 11.9 Å². The van der Waals surface area contributed by atoms with Crippen LogP contribution in [0.5, 0.6) is 0 Å². The lowest BCUT2D eigenvalue weighted by Crippen LogP contribution is -2.44. The fraction of sp³-hybridized carbons (Fsp3) is 0.250. The summed E-state index contributed by atoms with van der Waals surface area (Å²) in [6, 6.07) is 8.07. The number of para-hydroxylation sites is 1. The maximum absolute atomic E-state index is 13.4. The predicted molar refractivity (Wildman–Crippen MR) is 84.5 cm³/mol. The topological polar surface area (TPSA) is 92.0 Å². The Kier molecular flexibility index (Phi) is 4.49. The zero-order valence-corrected chi connectivity index (χ0v) is 13.2. The van der Waals surface area contributed by atoms with Gasteiger partial charge >= 0.3 is 6.18 Å². The molecule has 7 nitrogen and oxygen atoms in total. The summed E-state index contributed by atoms with van der Waals surface area (Å²) in [5, 5.41) is 3.66. The Balaban J connectivity index is 1.78. The molecule has 0 fully saturated rings. The summed E-state index contributed by atoms with van der Waals surface area (Å²) in [4.78, 5) is 37.1. The minimum absolute atomic E-state index is 0.136. The Labute approximate surface area is 145 Å². The molecule has 0 aliphatic carbocycles. The monoisotopic (exact) mass is 366 g/mol. The van der Waals surface area contributed by atoms with Gasteiger partial charge in [-0.2, -0.15) is 13.2 Å². The number of imide groups is 1. The van der Waals surface area contributed by atoms with E-state index in [9.17, 15) is 27.6 Å². The zero-order valence-electron chi connectivity index (χ0n) is 13.2. The fourth-order valence-corrected chi connectivity index (χ4v) is 2.50. The molecule has 2 aliphatic rings. The molecule has 1 aromatic rings. The van der Waals surface area contributed by atoms with Crippen molar-refractivity contribution in [3.8, 4) is 0 Å². The first-order valence-electron chi connectivity index (χ1n) is 7.59. The van der Waals surface area contributed by atoms with E-state index < -0.39 is 42.8 Å². The summed E-state index contributed by atoms with van der Waals surface area (Å²) in [5.41, 5.74) is 2.81. The van der Waals surface area contributed by atoms with E-state index in [1.54, 1.807) is 30.3 Å². The van der Waals surface area contributed by atoms with Crippen molar-refractivity contribution in [2.75, 3.05) is 11.4 Å². The van der Waals surface area contributed by atoms with Crippen LogP contribution < -0.4 is 10.3 Å². The van der Waals surface area contributed by atoms with Gasteiger partial charge in [-0.3, -0.25) is 19.3 Å². The van der Waals surface area contributed by atoms with Gasteiger partial charge in [0, 0.05) is 25.1 Å². The molecule has 0 radical (unpaired) electrons. The molecule has 3 amide bonds. The predicted octanol–water partition coefficient (Wildman–Crippen LogP) is 1.39. The number of nitrogens with one attached hydrogen (secondary N) is 1. The Morgan fingerprint density at radius 3 is 2.23 bits per heavy atom. The molecule has 0 bridgehead atoms. The highest BCUT2D eigenvalue weighted by molar-refractivity contribution is 6.19. The van der Waals surface area contributed by atoms with Crippen LogP contribution in [0, 0.1) is 5.92 Å². The average molecular weight is 366 g/mol. The summed E-state index contributed by atoms with van der Waals surface area (Å²) in [5.74, 6) is -4.56. The van der Waals surface area contributed by atoms with Gasteiger partial charge in [-0.15, -0.1) is 5.10 Å². The highest BCUT2D eigenvalue weighted by Crippen LogP contribution is 2.32. The number of guanidine groups is 1. The third-order valence-electron chi connectivity index (χ3n) is 3.87. The van der Waals surface area contributed by atoms with Gasteiger partial charge in [0.05, 0.1) is 11.6 Å². The molecule has 10 heteroatoms. The molecular weight excluding hydrogens is 353 g/mol. The molecule has 2 aliphatic heterocycles. The first-order chi connectivity index (χ1) is 12.3. The van der Waals surface area contributed by atoms with E-state index >= 15 is 0 Å². The number of benzene rings is 1. The summed E-state index contributed by atoms with van der Waals surface area (Å²) < 4.78 is 40.2. The average Bonchev–Trinajstić information content (AvgIpc) is 3.36. The van der Waals surface area contributed by atoms with E-state index in [0.29, 0.717) is 10.6 Å². The second-order valence-corrected chi connectivity index (χ2v) is 5.67. The Morgan fingerprint density at radius 1 is 1.15 bits per heavy atom. The first kappa shape index (κ1) is 17.6. The molecule has 1 atom stereocenters. The molecule has 136 valence electrons. The van der Waals surface area contributed by atoms with Crippen molar-refractivity contribution >= 4 is 29.4 Å². The third-order valence-corrected chi connectivity index (χ3v) is 3.87. The van der Waals surface area contributed by atoms with E-state index in [1.165, 1.54) is 0 Å². The van der Waals surface area contributed by atoms with Crippen LogP contribution in [-0.4, -0.2) is 41.3 Å². The van der Waals surface area contributed by atoms with Gasteiger partial charge in [-0.25, -0.2) is 10.3 Å². The van der Waals surface area contributed by atoms with Crippen molar-refractivity contribution in [2.24, 2.45) is 11.0 Å². The molecule has 1 N–H and O–H groups in total. The van der Waals surface area contributed by atoms with Crippen molar-refractivity contribution in [1.82, 2.24) is 10.3 Å². The minimum Gasteiger partial charge on any atom is -0.275 e. The number of amides is 3. The Bertz CT molecular complexity index is 787. The number of carbonyl (C=O) groups is 3. The first-order valence-corrected chi connectivity index (χ1v) is 7.59. The lowest BCUT2D eigenvalue weighted by Gasteiger charge is -2.26. The van der Waals surface area contributed by atoms with Crippen LogP contribution in [0.25, 0.3) is 0 Å². The largest absolute Gasteiger partial charge is 0.394 e. The second kappa shape index (κ2) is 6.62. The Hall–Kier alpha value is -3.17. The van der Waals surface area contributed by atoms with Crippen LogP contribution >= 0.6 is 0 Å².